The maximum atomic E-state index is 12.9. The molecular weight excluding hydrogens is 430 g/mol. The highest BCUT2D eigenvalue weighted by Crippen LogP contribution is 2.37. The molecule has 7 heteroatoms. The fourth-order valence-electron chi connectivity index (χ4n) is 4.90. The van der Waals surface area contributed by atoms with Gasteiger partial charge in [0.15, 0.2) is 6.04 Å². The van der Waals surface area contributed by atoms with Crippen molar-refractivity contribution in [3.8, 4) is 0 Å². The van der Waals surface area contributed by atoms with Gasteiger partial charge in [0.05, 0.1) is 0 Å². The summed E-state index contributed by atoms with van der Waals surface area (Å²) in [5.41, 5.74) is 3.28. The summed E-state index contributed by atoms with van der Waals surface area (Å²) in [6, 6.07) is 15.2. The van der Waals surface area contributed by atoms with Crippen LogP contribution in [-0.4, -0.2) is 64.8 Å². The molecule has 2 heterocycles. The second kappa shape index (κ2) is 9.66. The van der Waals surface area contributed by atoms with Crippen molar-refractivity contribution >= 4 is 17.7 Å². The molecule has 2 aromatic rings. The fourth-order valence-corrected chi connectivity index (χ4v) is 4.90. The Morgan fingerprint density at radius 2 is 1.71 bits per heavy atom. The molecule has 4 rings (SSSR count). The molecule has 1 fully saturated rings. The van der Waals surface area contributed by atoms with E-state index in [0.717, 1.165) is 44.0 Å². The summed E-state index contributed by atoms with van der Waals surface area (Å²) in [5, 5.41) is 10.1. The van der Waals surface area contributed by atoms with Gasteiger partial charge in [0, 0.05) is 44.5 Å². The van der Waals surface area contributed by atoms with Gasteiger partial charge in [-0.3, -0.25) is 9.80 Å². The van der Waals surface area contributed by atoms with Crippen LogP contribution in [-0.2, 0) is 22.5 Å². The first kappa shape index (κ1) is 24.1. The Kier molecular flexibility index (Phi) is 6.84. The van der Waals surface area contributed by atoms with Gasteiger partial charge in [0.2, 0.25) is 0 Å². The van der Waals surface area contributed by atoms with E-state index in [1.807, 2.05) is 25.1 Å². The van der Waals surface area contributed by atoms with E-state index in [9.17, 15) is 14.7 Å². The van der Waals surface area contributed by atoms with Gasteiger partial charge in [-0.1, -0.05) is 36.4 Å². The van der Waals surface area contributed by atoms with Crippen LogP contribution in [0.4, 0.5) is 10.5 Å². The lowest BCUT2D eigenvalue weighted by molar-refractivity contribution is -0.144. The van der Waals surface area contributed by atoms with Crippen molar-refractivity contribution in [3.63, 3.8) is 0 Å². The Hall–Kier alpha value is -3.06. The second-order valence-electron chi connectivity index (χ2n) is 10.3. The van der Waals surface area contributed by atoms with Gasteiger partial charge >= 0.3 is 12.1 Å². The average molecular weight is 466 g/mol. The first-order valence-electron chi connectivity index (χ1n) is 12.0. The average Bonchev–Trinajstić information content (AvgIpc) is 2.78. The summed E-state index contributed by atoms with van der Waals surface area (Å²) < 4.78 is 5.56. The molecule has 0 spiro atoms. The number of piperazine rings is 1. The maximum Gasteiger partial charge on any atom is 0.411 e. The topological polar surface area (TPSA) is 73.3 Å². The smallest absolute Gasteiger partial charge is 0.411 e. The van der Waals surface area contributed by atoms with Crippen molar-refractivity contribution in [1.29, 1.82) is 0 Å². The molecule has 0 aromatic heterocycles. The number of hydrogen-bond acceptors (Lipinski definition) is 5. The van der Waals surface area contributed by atoms with Gasteiger partial charge in [-0.2, -0.15) is 0 Å². The Balaban J connectivity index is 1.52. The standard InChI is InChI=1S/C27H35N3O4/c1-19-16-21-10-11-22(29-14-12-28(13-15-29)18-20-8-6-5-7-9-20)17-23(21)24(25(31)32)30(19)26(33)34-27(2,3)4/h5-11,17,19,24H,12-16,18H2,1-4H3,(H,31,32)/t19-,24?/m0/s1. The first-order chi connectivity index (χ1) is 16.1. The van der Waals surface area contributed by atoms with E-state index in [1.165, 1.54) is 10.5 Å². The Bertz CT molecular complexity index is 1030. The molecule has 1 saturated heterocycles. The largest absolute Gasteiger partial charge is 0.479 e. The van der Waals surface area contributed by atoms with Gasteiger partial charge in [-0.25, -0.2) is 9.59 Å². The van der Waals surface area contributed by atoms with E-state index >= 15 is 0 Å². The third-order valence-electron chi connectivity index (χ3n) is 6.52. The van der Waals surface area contributed by atoms with Crippen molar-refractivity contribution < 1.29 is 19.4 Å². The summed E-state index contributed by atoms with van der Waals surface area (Å²) in [7, 11) is 0. The number of nitrogens with zero attached hydrogens (tertiary/aromatic N) is 3. The third kappa shape index (κ3) is 5.36. The van der Waals surface area contributed by atoms with Crippen LogP contribution in [0.5, 0.6) is 0 Å². The summed E-state index contributed by atoms with van der Waals surface area (Å²) in [6.07, 6.45) is 0.0155. The zero-order chi connectivity index (χ0) is 24.5. The minimum atomic E-state index is -1.06. The van der Waals surface area contributed by atoms with Crippen LogP contribution in [0.2, 0.25) is 0 Å². The zero-order valence-corrected chi connectivity index (χ0v) is 20.5. The zero-order valence-electron chi connectivity index (χ0n) is 20.5. The molecule has 0 radical (unpaired) electrons. The SMILES string of the molecule is C[C@H]1Cc2ccc(N3CCN(Cc4ccccc4)CC3)cc2C(C(=O)O)N1C(=O)OC(C)(C)C. The van der Waals surface area contributed by atoms with E-state index in [-0.39, 0.29) is 6.04 Å². The quantitative estimate of drug-likeness (QED) is 0.725. The van der Waals surface area contributed by atoms with E-state index in [2.05, 4.69) is 40.1 Å². The molecule has 2 aliphatic heterocycles. The Morgan fingerprint density at radius 3 is 2.32 bits per heavy atom. The molecular formula is C27H35N3O4. The van der Waals surface area contributed by atoms with Crippen molar-refractivity contribution in [2.24, 2.45) is 0 Å². The van der Waals surface area contributed by atoms with Gasteiger partial charge in [-0.15, -0.1) is 0 Å². The lowest BCUT2D eigenvalue weighted by Crippen LogP contribution is -2.50. The van der Waals surface area contributed by atoms with E-state index < -0.39 is 23.7 Å². The molecule has 1 unspecified atom stereocenters. The van der Waals surface area contributed by atoms with Crippen LogP contribution < -0.4 is 4.90 Å². The van der Waals surface area contributed by atoms with E-state index in [0.29, 0.717) is 12.0 Å². The van der Waals surface area contributed by atoms with Crippen molar-refractivity contribution in [3.05, 3.63) is 65.2 Å². The number of ether oxygens (including phenoxy) is 1. The van der Waals surface area contributed by atoms with E-state index in [1.54, 1.807) is 20.8 Å². The minimum absolute atomic E-state index is 0.268. The number of benzene rings is 2. The minimum Gasteiger partial charge on any atom is -0.479 e. The van der Waals surface area contributed by atoms with Crippen LogP contribution in [0.25, 0.3) is 0 Å². The maximum absolute atomic E-state index is 12.9. The summed E-state index contributed by atoms with van der Waals surface area (Å²) in [6.45, 7) is 11.8. The number of amides is 1. The molecule has 0 bridgehead atoms. The second-order valence-corrected chi connectivity index (χ2v) is 10.3. The monoisotopic (exact) mass is 465 g/mol. The van der Waals surface area contributed by atoms with Crippen molar-refractivity contribution in [2.45, 2.75) is 58.3 Å². The number of hydrogen-bond donors (Lipinski definition) is 1. The van der Waals surface area contributed by atoms with Gasteiger partial charge < -0.3 is 14.7 Å². The normalized spacial score (nSPS) is 21.2. The fraction of sp³-hybridized carbons (Fsp3) is 0.481. The first-order valence-corrected chi connectivity index (χ1v) is 12.0. The molecule has 1 N–H and O–H groups in total. The summed E-state index contributed by atoms with van der Waals surface area (Å²) >= 11 is 0. The highest BCUT2D eigenvalue weighted by molar-refractivity contribution is 5.83. The summed E-state index contributed by atoms with van der Waals surface area (Å²) in [4.78, 5) is 31.5. The lowest BCUT2D eigenvalue weighted by Gasteiger charge is -2.41. The highest BCUT2D eigenvalue weighted by Gasteiger charge is 2.42. The molecule has 2 aliphatic rings. The molecule has 0 aliphatic carbocycles. The van der Waals surface area contributed by atoms with Crippen LogP contribution in [0.15, 0.2) is 48.5 Å². The predicted octanol–water partition coefficient (Wildman–Crippen LogP) is 4.32. The van der Waals surface area contributed by atoms with Gasteiger partial charge in [-0.05, 0) is 62.9 Å². The molecule has 0 saturated carbocycles. The number of anilines is 1. The number of carboxylic acids is 1. The number of fused-ring (bicyclic) bond motifs is 1. The molecule has 2 aromatic carbocycles. The number of rotatable bonds is 4. The van der Waals surface area contributed by atoms with Crippen LogP contribution >= 0.6 is 0 Å². The van der Waals surface area contributed by atoms with Gasteiger partial charge in [0.25, 0.3) is 0 Å². The summed E-state index contributed by atoms with van der Waals surface area (Å²) in [5.74, 6) is -1.04. The lowest BCUT2D eigenvalue weighted by atomic mass is 9.88. The molecule has 34 heavy (non-hydrogen) atoms. The molecule has 7 nitrogen and oxygen atoms in total. The Labute approximate surface area is 201 Å². The molecule has 182 valence electrons. The molecule has 2 atom stereocenters. The Morgan fingerprint density at radius 1 is 1.03 bits per heavy atom. The third-order valence-corrected chi connectivity index (χ3v) is 6.52. The molecule has 1 amide bonds. The van der Waals surface area contributed by atoms with E-state index in [4.69, 9.17) is 4.74 Å². The number of carbonyl (C=O) groups is 2. The van der Waals surface area contributed by atoms with Crippen molar-refractivity contribution in [1.82, 2.24) is 9.80 Å². The van der Waals surface area contributed by atoms with Crippen LogP contribution in [0, 0.1) is 0 Å². The van der Waals surface area contributed by atoms with Gasteiger partial charge in [0.1, 0.15) is 5.60 Å². The predicted molar refractivity (Wildman–Crippen MR) is 132 cm³/mol. The van der Waals surface area contributed by atoms with Crippen LogP contribution in [0.1, 0.15) is 50.4 Å². The number of carboxylic acid groups (broad SMARTS) is 1. The van der Waals surface area contributed by atoms with Crippen LogP contribution in [0.3, 0.4) is 0 Å². The number of aliphatic carboxylic acids is 1. The number of carbonyl (C=O) groups excluding carboxylic acids is 1. The van der Waals surface area contributed by atoms with Crippen molar-refractivity contribution in [2.75, 3.05) is 31.1 Å². The highest BCUT2D eigenvalue weighted by atomic mass is 16.6.